The number of hydrogen-bond acceptors (Lipinski definition) is 6. The third-order valence-corrected chi connectivity index (χ3v) is 3.40. The van der Waals surface area contributed by atoms with Crippen LogP contribution >= 0.6 is 0 Å². The van der Waals surface area contributed by atoms with Crippen LogP contribution in [0.3, 0.4) is 0 Å². The molecule has 1 aromatic heterocycles. The Hall–Kier alpha value is -2.88. The van der Waals surface area contributed by atoms with E-state index in [1.165, 1.54) is 21.3 Å². The molecule has 0 aliphatic rings. The van der Waals surface area contributed by atoms with Gasteiger partial charge in [-0.3, -0.25) is 0 Å². The van der Waals surface area contributed by atoms with E-state index in [-0.39, 0.29) is 18.8 Å². The number of carbonyl (C=O) groups is 1. The van der Waals surface area contributed by atoms with E-state index >= 15 is 0 Å². The molecule has 0 atom stereocenters. The highest BCUT2D eigenvalue weighted by Gasteiger charge is 2.24. The molecule has 1 heterocycles. The first-order valence-corrected chi connectivity index (χ1v) is 6.99. The van der Waals surface area contributed by atoms with E-state index in [9.17, 15) is 4.79 Å². The van der Waals surface area contributed by atoms with E-state index in [0.717, 1.165) is 0 Å². The number of fused-ring (bicyclic) bond motifs is 1. The molecule has 0 N–H and O–H groups in total. The molecule has 7 heteroatoms. The van der Waals surface area contributed by atoms with Gasteiger partial charge in [0.05, 0.1) is 39.5 Å². The fourth-order valence-electron chi connectivity index (χ4n) is 2.50. The van der Waals surface area contributed by atoms with Gasteiger partial charge in [0, 0.05) is 5.39 Å². The minimum atomic E-state index is -0.501. The highest BCUT2D eigenvalue weighted by atomic mass is 16.5. The van der Waals surface area contributed by atoms with Crippen LogP contribution in [0.25, 0.3) is 10.9 Å². The van der Waals surface area contributed by atoms with Gasteiger partial charge in [-0.05, 0) is 19.1 Å². The largest absolute Gasteiger partial charge is 0.493 e. The van der Waals surface area contributed by atoms with Crippen LogP contribution in [-0.4, -0.2) is 38.5 Å². The molecule has 0 amide bonds. The molecule has 0 bridgehead atoms. The number of carbonyl (C=O) groups excluding carboxylic acids is 1. The fraction of sp³-hybridized carbons (Fsp3) is 0.375. The standard InChI is InChI=1S/C16H18N2O5/c1-5-23-16(19)11-8-10-9-12(20-2)14(21-3)15(22-4)13(10)18(11)7-6-17/h8-9H,5,7H2,1-4H3. The number of nitriles is 1. The molecule has 7 nitrogen and oxygen atoms in total. The van der Waals surface area contributed by atoms with Crippen molar-refractivity contribution in [1.29, 1.82) is 5.26 Å². The summed E-state index contributed by atoms with van der Waals surface area (Å²) in [6, 6.07) is 5.42. The summed E-state index contributed by atoms with van der Waals surface area (Å²) in [7, 11) is 4.50. The van der Waals surface area contributed by atoms with E-state index < -0.39 is 5.97 Å². The van der Waals surface area contributed by atoms with Crippen LogP contribution in [-0.2, 0) is 11.3 Å². The zero-order chi connectivity index (χ0) is 17.0. The fourth-order valence-corrected chi connectivity index (χ4v) is 2.50. The first-order chi connectivity index (χ1) is 11.1. The summed E-state index contributed by atoms with van der Waals surface area (Å²) in [5.74, 6) is 0.767. The predicted molar refractivity (Wildman–Crippen MR) is 83.2 cm³/mol. The third kappa shape index (κ3) is 2.75. The van der Waals surface area contributed by atoms with E-state index in [2.05, 4.69) is 0 Å². The van der Waals surface area contributed by atoms with Crippen LogP contribution in [0.4, 0.5) is 0 Å². The first-order valence-electron chi connectivity index (χ1n) is 6.99. The lowest BCUT2D eigenvalue weighted by Gasteiger charge is -2.14. The van der Waals surface area contributed by atoms with Crippen LogP contribution in [0.15, 0.2) is 12.1 Å². The van der Waals surface area contributed by atoms with Crippen molar-refractivity contribution < 1.29 is 23.7 Å². The monoisotopic (exact) mass is 318 g/mol. The molecule has 0 fully saturated rings. The maximum absolute atomic E-state index is 12.2. The number of benzene rings is 1. The lowest BCUT2D eigenvalue weighted by Crippen LogP contribution is -2.12. The Kier molecular flexibility index (Phi) is 4.96. The summed E-state index contributed by atoms with van der Waals surface area (Å²) < 4.78 is 22.7. The minimum Gasteiger partial charge on any atom is -0.493 e. The van der Waals surface area contributed by atoms with E-state index in [0.29, 0.717) is 28.2 Å². The Morgan fingerprint density at radius 2 is 1.87 bits per heavy atom. The third-order valence-electron chi connectivity index (χ3n) is 3.40. The molecule has 122 valence electrons. The number of rotatable bonds is 6. The lowest BCUT2D eigenvalue weighted by atomic mass is 10.2. The maximum atomic E-state index is 12.2. The molecule has 0 aliphatic heterocycles. The number of ether oxygens (including phenoxy) is 4. The summed E-state index contributed by atoms with van der Waals surface area (Å²) in [4.78, 5) is 12.2. The second-order valence-corrected chi connectivity index (χ2v) is 4.58. The van der Waals surface area contributed by atoms with Gasteiger partial charge in [0.25, 0.3) is 0 Å². The van der Waals surface area contributed by atoms with Gasteiger partial charge in [-0.1, -0.05) is 0 Å². The molecule has 0 unspecified atom stereocenters. The van der Waals surface area contributed by atoms with Gasteiger partial charge in [0.1, 0.15) is 12.2 Å². The molecule has 0 spiro atoms. The van der Waals surface area contributed by atoms with Crippen LogP contribution in [0, 0.1) is 11.3 Å². The highest BCUT2D eigenvalue weighted by molar-refractivity contribution is 5.99. The van der Waals surface area contributed by atoms with Crippen molar-refractivity contribution in [3.63, 3.8) is 0 Å². The van der Waals surface area contributed by atoms with Crippen molar-refractivity contribution in [3.8, 4) is 23.3 Å². The Morgan fingerprint density at radius 1 is 1.17 bits per heavy atom. The van der Waals surface area contributed by atoms with Crippen LogP contribution < -0.4 is 14.2 Å². The summed E-state index contributed by atoms with van der Waals surface area (Å²) in [6.45, 7) is 1.95. The maximum Gasteiger partial charge on any atom is 0.355 e. The van der Waals surface area contributed by atoms with Crippen molar-refractivity contribution in [2.75, 3.05) is 27.9 Å². The molecular weight excluding hydrogens is 300 g/mol. The molecular formula is C16H18N2O5. The Morgan fingerprint density at radius 3 is 2.39 bits per heavy atom. The molecule has 1 aromatic carbocycles. The van der Waals surface area contributed by atoms with Gasteiger partial charge in [0.15, 0.2) is 11.5 Å². The molecule has 0 saturated carbocycles. The van der Waals surface area contributed by atoms with Crippen molar-refractivity contribution in [1.82, 2.24) is 4.57 Å². The number of methoxy groups -OCH3 is 3. The van der Waals surface area contributed by atoms with Gasteiger partial charge in [0.2, 0.25) is 5.75 Å². The van der Waals surface area contributed by atoms with Gasteiger partial charge in [-0.15, -0.1) is 0 Å². The second-order valence-electron chi connectivity index (χ2n) is 4.58. The smallest absolute Gasteiger partial charge is 0.355 e. The summed E-state index contributed by atoms with van der Waals surface area (Å²) in [5, 5.41) is 9.80. The average Bonchev–Trinajstić information content (AvgIpc) is 2.92. The van der Waals surface area contributed by atoms with Crippen LogP contribution in [0.5, 0.6) is 17.2 Å². The Balaban J connectivity index is 2.84. The van der Waals surface area contributed by atoms with Crippen molar-refractivity contribution in [3.05, 3.63) is 17.8 Å². The number of esters is 1. The van der Waals surface area contributed by atoms with E-state index in [1.54, 1.807) is 23.6 Å². The summed E-state index contributed by atoms with van der Waals surface area (Å²) >= 11 is 0. The molecule has 2 aromatic rings. The van der Waals surface area contributed by atoms with E-state index in [4.69, 9.17) is 24.2 Å². The lowest BCUT2D eigenvalue weighted by molar-refractivity contribution is 0.0515. The zero-order valence-corrected chi connectivity index (χ0v) is 13.5. The number of aromatic nitrogens is 1. The van der Waals surface area contributed by atoms with Crippen LogP contribution in [0.2, 0.25) is 0 Å². The second kappa shape index (κ2) is 6.92. The predicted octanol–water partition coefficient (Wildman–Crippen LogP) is 2.37. The normalized spacial score (nSPS) is 10.2. The first kappa shape index (κ1) is 16.5. The van der Waals surface area contributed by atoms with Crippen LogP contribution in [0.1, 0.15) is 17.4 Å². The molecule has 0 saturated heterocycles. The Bertz CT molecular complexity index is 773. The summed E-state index contributed by atoms with van der Waals surface area (Å²) in [5.41, 5.74) is 0.853. The molecule has 23 heavy (non-hydrogen) atoms. The molecule has 0 radical (unpaired) electrons. The molecule has 2 rings (SSSR count). The minimum absolute atomic E-state index is 0.0243. The van der Waals surface area contributed by atoms with Crippen molar-refractivity contribution in [2.24, 2.45) is 0 Å². The Labute approximate surface area is 133 Å². The van der Waals surface area contributed by atoms with Crippen molar-refractivity contribution >= 4 is 16.9 Å². The topological polar surface area (TPSA) is 82.7 Å². The summed E-state index contributed by atoms with van der Waals surface area (Å²) in [6.07, 6.45) is 0. The quantitative estimate of drug-likeness (QED) is 0.760. The SMILES string of the molecule is CCOC(=O)c1cc2cc(OC)c(OC)c(OC)c2n1CC#N. The average molecular weight is 318 g/mol. The van der Waals surface area contributed by atoms with Gasteiger partial charge in [-0.2, -0.15) is 5.26 Å². The zero-order valence-electron chi connectivity index (χ0n) is 13.5. The van der Waals surface area contributed by atoms with Crippen molar-refractivity contribution in [2.45, 2.75) is 13.5 Å². The van der Waals surface area contributed by atoms with E-state index in [1.807, 2.05) is 6.07 Å². The van der Waals surface area contributed by atoms with Gasteiger partial charge in [-0.25, -0.2) is 4.79 Å². The highest BCUT2D eigenvalue weighted by Crippen LogP contribution is 2.44. The number of nitrogens with zero attached hydrogens (tertiary/aromatic N) is 2. The van der Waals surface area contributed by atoms with Gasteiger partial charge < -0.3 is 23.5 Å². The molecule has 0 aliphatic carbocycles. The number of hydrogen-bond donors (Lipinski definition) is 0. The van der Waals surface area contributed by atoms with Gasteiger partial charge >= 0.3 is 5.97 Å².